The molecule has 2 heterocycles. The molecule has 0 spiro atoms. The van der Waals surface area contributed by atoms with Crippen LogP contribution in [0.1, 0.15) is 45.1 Å². The minimum absolute atomic E-state index is 0.00335. The van der Waals surface area contributed by atoms with Crippen molar-refractivity contribution in [2.45, 2.75) is 62.7 Å². The van der Waals surface area contributed by atoms with E-state index in [0.717, 1.165) is 0 Å². The number of fused-ring (bicyclic) bond motifs is 1. The highest BCUT2D eigenvalue weighted by molar-refractivity contribution is 7.89. The summed E-state index contributed by atoms with van der Waals surface area (Å²) in [5.74, 6) is 0.0661. The van der Waals surface area contributed by atoms with Gasteiger partial charge < -0.3 is 10.1 Å². The molecule has 0 radical (unpaired) electrons. The SMILES string of the molecule is CC(C)NC(=O)C1Oc2ccc(S(=O)(=O)N3CCC(F)CC3)cc2C1C. The zero-order valence-corrected chi connectivity index (χ0v) is 16.1. The van der Waals surface area contributed by atoms with Crippen molar-refractivity contribution in [3.8, 4) is 5.75 Å². The van der Waals surface area contributed by atoms with Gasteiger partial charge in [-0.1, -0.05) is 6.92 Å². The molecule has 6 nitrogen and oxygen atoms in total. The van der Waals surface area contributed by atoms with Crippen molar-refractivity contribution >= 4 is 15.9 Å². The van der Waals surface area contributed by atoms with Crippen LogP contribution in [0.25, 0.3) is 0 Å². The van der Waals surface area contributed by atoms with E-state index in [1.807, 2.05) is 20.8 Å². The summed E-state index contributed by atoms with van der Waals surface area (Å²) in [4.78, 5) is 12.5. The number of hydrogen-bond acceptors (Lipinski definition) is 4. The van der Waals surface area contributed by atoms with E-state index in [1.165, 1.54) is 10.4 Å². The smallest absolute Gasteiger partial charge is 0.261 e. The Bertz CT molecular complexity index is 788. The Kier molecular flexibility index (Phi) is 5.25. The third kappa shape index (κ3) is 3.57. The summed E-state index contributed by atoms with van der Waals surface area (Å²) in [7, 11) is -3.68. The monoisotopic (exact) mass is 384 g/mol. The molecule has 1 amide bonds. The molecule has 1 fully saturated rings. The molecule has 0 bridgehead atoms. The van der Waals surface area contributed by atoms with E-state index in [2.05, 4.69) is 5.32 Å². The normalized spacial score (nSPS) is 24.3. The van der Waals surface area contributed by atoms with Gasteiger partial charge in [0.15, 0.2) is 6.10 Å². The number of piperidine rings is 1. The molecule has 0 saturated carbocycles. The van der Waals surface area contributed by atoms with Crippen LogP contribution in [-0.2, 0) is 14.8 Å². The van der Waals surface area contributed by atoms with Crippen molar-refractivity contribution in [3.05, 3.63) is 23.8 Å². The van der Waals surface area contributed by atoms with Gasteiger partial charge in [-0.3, -0.25) is 4.79 Å². The molecule has 0 aromatic heterocycles. The third-order valence-electron chi connectivity index (χ3n) is 4.89. The van der Waals surface area contributed by atoms with Crippen molar-refractivity contribution in [2.75, 3.05) is 13.1 Å². The van der Waals surface area contributed by atoms with Crippen LogP contribution in [0.4, 0.5) is 4.39 Å². The highest BCUT2D eigenvalue weighted by Gasteiger charge is 2.38. The Morgan fingerprint density at radius 1 is 1.31 bits per heavy atom. The number of amides is 1. The van der Waals surface area contributed by atoms with E-state index in [-0.39, 0.29) is 48.7 Å². The molecule has 2 unspecified atom stereocenters. The molecule has 2 aliphatic heterocycles. The quantitative estimate of drug-likeness (QED) is 0.864. The molecule has 1 N–H and O–H groups in total. The van der Waals surface area contributed by atoms with E-state index in [1.54, 1.807) is 12.1 Å². The van der Waals surface area contributed by atoms with Crippen molar-refractivity contribution in [1.82, 2.24) is 9.62 Å². The van der Waals surface area contributed by atoms with Gasteiger partial charge in [-0.25, -0.2) is 12.8 Å². The number of alkyl halides is 1. The number of sulfonamides is 1. The number of ether oxygens (including phenoxy) is 1. The highest BCUT2D eigenvalue weighted by Crippen LogP contribution is 2.40. The molecule has 2 aliphatic rings. The van der Waals surface area contributed by atoms with Crippen molar-refractivity contribution in [2.24, 2.45) is 0 Å². The average molecular weight is 384 g/mol. The zero-order valence-electron chi connectivity index (χ0n) is 15.2. The van der Waals surface area contributed by atoms with Gasteiger partial charge in [-0.05, 0) is 44.9 Å². The topological polar surface area (TPSA) is 75.7 Å². The fourth-order valence-corrected chi connectivity index (χ4v) is 4.92. The maximum atomic E-state index is 13.3. The lowest BCUT2D eigenvalue weighted by Crippen LogP contribution is -2.42. The molecule has 0 aliphatic carbocycles. The molecule has 1 aromatic rings. The number of benzene rings is 1. The van der Waals surface area contributed by atoms with Gasteiger partial charge >= 0.3 is 0 Å². The average Bonchev–Trinajstić information content (AvgIpc) is 2.91. The predicted molar refractivity (Wildman–Crippen MR) is 95.4 cm³/mol. The molecular weight excluding hydrogens is 359 g/mol. The first-order valence-corrected chi connectivity index (χ1v) is 10.4. The molecule has 1 saturated heterocycles. The third-order valence-corrected chi connectivity index (χ3v) is 6.79. The van der Waals surface area contributed by atoms with Gasteiger partial charge in [0.25, 0.3) is 5.91 Å². The maximum absolute atomic E-state index is 13.3. The number of carbonyl (C=O) groups excluding carboxylic acids is 1. The standard InChI is InChI=1S/C18H25FN2O4S/c1-11(2)20-18(22)17-12(3)15-10-14(4-5-16(15)25-17)26(23,24)21-8-6-13(19)7-9-21/h4-5,10-13,17H,6-9H2,1-3H3,(H,20,22). The molecule has 144 valence electrons. The van der Waals surface area contributed by atoms with E-state index in [0.29, 0.717) is 11.3 Å². The Balaban J connectivity index is 1.83. The number of halogens is 1. The summed E-state index contributed by atoms with van der Waals surface area (Å²) in [6.45, 7) is 5.96. The van der Waals surface area contributed by atoms with E-state index in [4.69, 9.17) is 4.74 Å². The Labute approximate surface area is 153 Å². The van der Waals surface area contributed by atoms with Crippen LogP contribution in [0.2, 0.25) is 0 Å². The maximum Gasteiger partial charge on any atom is 0.261 e. The van der Waals surface area contributed by atoms with Gasteiger partial charge in [-0.15, -0.1) is 0 Å². The Morgan fingerprint density at radius 2 is 1.96 bits per heavy atom. The first-order valence-electron chi connectivity index (χ1n) is 8.95. The molecule has 3 rings (SSSR count). The lowest BCUT2D eigenvalue weighted by atomic mass is 9.97. The minimum Gasteiger partial charge on any atom is -0.480 e. The second-order valence-corrected chi connectivity index (χ2v) is 9.21. The van der Waals surface area contributed by atoms with Crippen molar-refractivity contribution in [3.63, 3.8) is 0 Å². The minimum atomic E-state index is -3.68. The van der Waals surface area contributed by atoms with Crippen LogP contribution in [0.3, 0.4) is 0 Å². The van der Waals surface area contributed by atoms with Crippen molar-refractivity contribution in [1.29, 1.82) is 0 Å². The first kappa shape index (κ1) is 19.1. The number of nitrogens with one attached hydrogen (secondary N) is 1. The molecular formula is C18H25FN2O4S. The van der Waals surface area contributed by atoms with Gasteiger partial charge in [0.1, 0.15) is 11.9 Å². The van der Waals surface area contributed by atoms with Crippen molar-refractivity contribution < 1.29 is 22.3 Å². The molecule has 26 heavy (non-hydrogen) atoms. The summed E-state index contributed by atoms with van der Waals surface area (Å²) in [6.07, 6.45) is -1.16. The zero-order chi connectivity index (χ0) is 19.1. The van der Waals surface area contributed by atoms with Crippen LogP contribution in [0.5, 0.6) is 5.75 Å². The largest absolute Gasteiger partial charge is 0.480 e. The van der Waals surface area contributed by atoms with Crippen LogP contribution in [0.15, 0.2) is 23.1 Å². The number of nitrogens with zero attached hydrogens (tertiary/aromatic N) is 1. The number of rotatable bonds is 4. The first-order chi connectivity index (χ1) is 12.2. The van der Waals surface area contributed by atoms with Gasteiger partial charge in [0.2, 0.25) is 10.0 Å². The molecule has 2 atom stereocenters. The van der Waals surface area contributed by atoms with Crippen LogP contribution >= 0.6 is 0 Å². The summed E-state index contributed by atoms with van der Waals surface area (Å²) < 4.78 is 46.1. The van der Waals surface area contributed by atoms with E-state index in [9.17, 15) is 17.6 Å². The Hall–Kier alpha value is -1.67. The number of hydrogen-bond donors (Lipinski definition) is 1. The second kappa shape index (κ2) is 7.15. The predicted octanol–water partition coefficient (Wildman–Crippen LogP) is 2.20. The highest BCUT2D eigenvalue weighted by atomic mass is 32.2. The fourth-order valence-electron chi connectivity index (χ4n) is 3.41. The summed E-state index contributed by atoms with van der Waals surface area (Å²) in [5.41, 5.74) is 0.704. The van der Waals surface area contributed by atoms with E-state index < -0.39 is 22.3 Å². The summed E-state index contributed by atoms with van der Waals surface area (Å²) >= 11 is 0. The van der Waals surface area contributed by atoms with Gasteiger partial charge in [0, 0.05) is 30.6 Å². The van der Waals surface area contributed by atoms with Gasteiger partial charge in [0.05, 0.1) is 4.90 Å². The van der Waals surface area contributed by atoms with Crippen LogP contribution in [-0.4, -0.2) is 50.0 Å². The molecule has 1 aromatic carbocycles. The lowest BCUT2D eigenvalue weighted by Gasteiger charge is -2.28. The fraction of sp³-hybridized carbons (Fsp3) is 0.611. The number of carbonyl (C=O) groups is 1. The lowest BCUT2D eigenvalue weighted by molar-refractivity contribution is -0.128. The molecule has 8 heteroatoms. The van der Waals surface area contributed by atoms with E-state index >= 15 is 0 Å². The Morgan fingerprint density at radius 3 is 2.58 bits per heavy atom. The van der Waals surface area contributed by atoms with Crippen LogP contribution < -0.4 is 10.1 Å². The summed E-state index contributed by atoms with van der Waals surface area (Å²) in [6, 6.07) is 4.67. The van der Waals surface area contributed by atoms with Gasteiger partial charge in [-0.2, -0.15) is 4.31 Å². The summed E-state index contributed by atoms with van der Waals surface area (Å²) in [5, 5.41) is 2.82. The van der Waals surface area contributed by atoms with Crippen LogP contribution in [0, 0.1) is 0 Å². The second-order valence-electron chi connectivity index (χ2n) is 7.27.